The molecule has 0 bridgehead atoms. The van der Waals surface area contributed by atoms with Gasteiger partial charge in [-0.15, -0.1) is 0 Å². The Morgan fingerprint density at radius 3 is 2.62 bits per heavy atom. The molecule has 1 aromatic carbocycles. The van der Waals surface area contributed by atoms with Gasteiger partial charge in [-0.05, 0) is 47.6 Å². The quantitative estimate of drug-likeness (QED) is 0.706. The molecule has 1 aromatic rings. The van der Waals surface area contributed by atoms with Crippen LogP contribution in [0.25, 0.3) is 0 Å². The number of rotatable bonds is 6. The van der Waals surface area contributed by atoms with E-state index in [2.05, 4.69) is 21.2 Å². The summed E-state index contributed by atoms with van der Waals surface area (Å²) in [5.74, 6) is 0.230. The monoisotopic (exact) mass is 359 g/mol. The van der Waals surface area contributed by atoms with Gasteiger partial charge in [0.05, 0.1) is 11.6 Å². The summed E-state index contributed by atoms with van der Waals surface area (Å²) in [6, 6.07) is 2.73. The number of benzene rings is 1. The first-order valence-electron chi connectivity index (χ1n) is 6.17. The molecule has 1 atom stereocenters. The normalized spacial score (nSPS) is 11.6. The lowest BCUT2D eigenvalue weighted by atomic mass is 10.2. The summed E-state index contributed by atoms with van der Waals surface area (Å²) in [7, 11) is 3.34. The van der Waals surface area contributed by atoms with Crippen molar-refractivity contribution in [1.29, 1.82) is 0 Å². The average Bonchev–Trinajstić information content (AvgIpc) is 2.40. The lowest BCUT2D eigenvalue weighted by Gasteiger charge is -2.18. The second kappa shape index (κ2) is 7.84. The minimum atomic E-state index is -0.925. The molecule has 0 fully saturated rings. The lowest BCUT2D eigenvalue weighted by molar-refractivity contribution is -0.126. The van der Waals surface area contributed by atoms with Crippen LogP contribution in [0.15, 0.2) is 16.6 Å². The van der Waals surface area contributed by atoms with Crippen LogP contribution in [0.4, 0.5) is 4.79 Å². The van der Waals surface area contributed by atoms with Gasteiger partial charge in [0, 0.05) is 6.54 Å². The first kappa shape index (κ1) is 17.3. The number of carbonyl (C=O) groups excluding carboxylic acids is 2. The van der Waals surface area contributed by atoms with E-state index in [4.69, 9.17) is 15.2 Å². The molecule has 1 unspecified atom stereocenters. The molecular formula is C13H18BrN3O4. The van der Waals surface area contributed by atoms with Crippen molar-refractivity contribution in [3.63, 3.8) is 0 Å². The van der Waals surface area contributed by atoms with Crippen molar-refractivity contribution in [2.24, 2.45) is 5.73 Å². The van der Waals surface area contributed by atoms with Crippen molar-refractivity contribution in [3.05, 3.63) is 22.2 Å². The molecule has 21 heavy (non-hydrogen) atoms. The number of primary amides is 1. The van der Waals surface area contributed by atoms with E-state index in [1.807, 2.05) is 18.4 Å². The Morgan fingerprint density at radius 1 is 1.43 bits per heavy atom. The van der Waals surface area contributed by atoms with Crippen molar-refractivity contribution in [1.82, 2.24) is 10.6 Å². The van der Waals surface area contributed by atoms with Crippen molar-refractivity contribution >= 4 is 27.9 Å². The number of hydrogen-bond acceptors (Lipinski definition) is 5. The highest BCUT2D eigenvalue weighted by molar-refractivity contribution is 9.10. The van der Waals surface area contributed by atoms with E-state index in [1.54, 1.807) is 6.07 Å². The Balaban J connectivity index is 2.96. The number of amides is 3. The molecule has 8 heteroatoms. The van der Waals surface area contributed by atoms with Crippen molar-refractivity contribution < 1.29 is 19.1 Å². The number of nitrogens with two attached hydrogens (primary N) is 1. The van der Waals surface area contributed by atoms with Crippen molar-refractivity contribution in [2.45, 2.75) is 19.6 Å². The first-order chi connectivity index (χ1) is 9.88. The minimum absolute atomic E-state index is 0.379. The third-order valence-electron chi connectivity index (χ3n) is 2.58. The molecule has 0 aliphatic heterocycles. The van der Waals surface area contributed by atoms with Gasteiger partial charge in [-0.25, -0.2) is 4.79 Å². The molecular weight excluding hydrogens is 342 g/mol. The van der Waals surface area contributed by atoms with Crippen LogP contribution in [0.1, 0.15) is 12.5 Å². The topological polar surface area (TPSA) is 103 Å². The zero-order chi connectivity index (χ0) is 16.0. The highest BCUT2D eigenvalue weighted by Crippen LogP contribution is 2.37. The number of carbonyl (C=O) groups is 2. The van der Waals surface area contributed by atoms with Gasteiger partial charge in [-0.2, -0.15) is 0 Å². The zero-order valence-electron chi connectivity index (χ0n) is 12.0. The third kappa shape index (κ3) is 4.91. The summed E-state index contributed by atoms with van der Waals surface area (Å²) >= 11 is 3.38. The maximum Gasteiger partial charge on any atom is 0.318 e. The predicted octanol–water partition coefficient (Wildman–Crippen LogP) is 1.14. The zero-order valence-corrected chi connectivity index (χ0v) is 13.6. The fourth-order valence-electron chi connectivity index (χ4n) is 1.65. The summed E-state index contributed by atoms with van der Waals surface area (Å²) in [6.45, 7) is 2.17. The van der Waals surface area contributed by atoms with Crippen LogP contribution in [-0.2, 0) is 11.3 Å². The predicted molar refractivity (Wildman–Crippen MR) is 81.3 cm³/mol. The first-order valence-corrected chi connectivity index (χ1v) is 6.96. The van der Waals surface area contributed by atoms with E-state index in [0.717, 1.165) is 5.56 Å². The average molecular weight is 360 g/mol. The van der Waals surface area contributed by atoms with Crippen LogP contribution in [0.5, 0.6) is 11.5 Å². The maximum atomic E-state index is 11.6. The van der Waals surface area contributed by atoms with Gasteiger partial charge in [-0.1, -0.05) is 0 Å². The molecule has 0 saturated heterocycles. The summed E-state index contributed by atoms with van der Waals surface area (Å²) in [6.07, 6.45) is -0.905. The van der Waals surface area contributed by atoms with Gasteiger partial charge in [0.2, 0.25) is 0 Å². The molecule has 0 aliphatic rings. The smallest absolute Gasteiger partial charge is 0.318 e. The minimum Gasteiger partial charge on any atom is -0.493 e. The van der Waals surface area contributed by atoms with Gasteiger partial charge in [0.1, 0.15) is 0 Å². The summed E-state index contributed by atoms with van der Waals surface area (Å²) in [5.41, 5.74) is 5.89. The molecule has 0 aromatic heterocycles. The summed E-state index contributed by atoms with van der Waals surface area (Å²) in [4.78, 5) is 22.3. The van der Waals surface area contributed by atoms with Gasteiger partial charge in [0.15, 0.2) is 17.6 Å². The van der Waals surface area contributed by atoms with E-state index >= 15 is 0 Å². The Kier molecular flexibility index (Phi) is 6.44. The molecule has 4 N–H and O–H groups in total. The molecule has 3 amide bonds. The Morgan fingerprint density at radius 2 is 2.10 bits per heavy atom. The summed E-state index contributed by atoms with van der Waals surface area (Å²) < 4.78 is 11.5. The van der Waals surface area contributed by atoms with E-state index in [9.17, 15) is 9.59 Å². The van der Waals surface area contributed by atoms with Gasteiger partial charge in [-0.3, -0.25) is 10.1 Å². The van der Waals surface area contributed by atoms with Crippen molar-refractivity contribution in [2.75, 3.05) is 14.2 Å². The fourth-order valence-corrected chi connectivity index (χ4v) is 2.23. The number of urea groups is 1. The molecule has 0 radical (unpaired) electrons. The standard InChI is InChI=1S/C13H18BrN3O4/c1-7(12(18)17-13(15)19)21-11-9(14)4-8(6-16-2)5-10(11)20-3/h4-5,7,16H,6H2,1-3H3,(H3,15,17,18,19). The van der Waals surface area contributed by atoms with Crippen LogP contribution >= 0.6 is 15.9 Å². The lowest BCUT2D eigenvalue weighted by Crippen LogP contribution is -2.42. The van der Waals surface area contributed by atoms with Gasteiger partial charge >= 0.3 is 6.03 Å². The van der Waals surface area contributed by atoms with Crippen LogP contribution < -0.4 is 25.8 Å². The second-order valence-electron chi connectivity index (χ2n) is 4.25. The second-order valence-corrected chi connectivity index (χ2v) is 5.11. The Labute approximate surface area is 131 Å². The summed E-state index contributed by atoms with van der Waals surface area (Å²) in [5, 5.41) is 4.99. The molecule has 0 spiro atoms. The fraction of sp³-hybridized carbons (Fsp3) is 0.385. The number of hydrogen-bond donors (Lipinski definition) is 3. The molecule has 116 valence electrons. The highest BCUT2D eigenvalue weighted by atomic mass is 79.9. The molecule has 0 aliphatic carbocycles. The highest BCUT2D eigenvalue weighted by Gasteiger charge is 2.20. The van der Waals surface area contributed by atoms with Crippen molar-refractivity contribution in [3.8, 4) is 11.5 Å². The van der Waals surface area contributed by atoms with Crippen LogP contribution in [0.2, 0.25) is 0 Å². The number of nitrogens with one attached hydrogen (secondary N) is 2. The Hall–Kier alpha value is -1.80. The van der Waals surface area contributed by atoms with Crippen LogP contribution in [-0.4, -0.2) is 32.2 Å². The number of imide groups is 1. The Bertz CT molecular complexity index is 536. The molecule has 0 saturated carbocycles. The van der Waals surface area contributed by atoms with E-state index in [-0.39, 0.29) is 0 Å². The van der Waals surface area contributed by atoms with Gasteiger partial charge < -0.3 is 20.5 Å². The largest absolute Gasteiger partial charge is 0.493 e. The van der Waals surface area contributed by atoms with Gasteiger partial charge in [0.25, 0.3) is 5.91 Å². The van der Waals surface area contributed by atoms with E-state index in [0.29, 0.717) is 22.5 Å². The van der Waals surface area contributed by atoms with Crippen LogP contribution in [0, 0.1) is 0 Å². The number of halogens is 1. The molecule has 7 nitrogen and oxygen atoms in total. The van der Waals surface area contributed by atoms with E-state index < -0.39 is 18.0 Å². The SMILES string of the molecule is CNCc1cc(Br)c(OC(C)C(=O)NC(N)=O)c(OC)c1. The number of ether oxygens (including phenoxy) is 2. The number of methoxy groups -OCH3 is 1. The maximum absolute atomic E-state index is 11.6. The van der Waals surface area contributed by atoms with Crippen LogP contribution in [0.3, 0.4) is 0 Å². The molecule has 1 rings (SSSR count). The molecule has 0 heterocycles. The van der Waals surface area contributed by atoms with E-state index in [1.165, 1.54) is 14.0 Å². The third-order valence-corrected chi connectivity index (χ3v) is 3.17.